The van der Waals surface area contributed by atoms with E-state index in [0.29, 0.717) is 12.8 Å². The maximum atomic E-state index is 11.5. The molecule has 6 heteroatoms. The number of nitrogens with one attached hydrogen (secondary N) is 2. The molecule has 1 saturated heterocycles. The third kappa shape index (κ3) is 3.03. The van der Waals surface area contributed by atoms with E-state index in [1.54, 1.807) is 0 Å². The first-order chi connectivity index (χ1) is 7.56. The van der Waals surface area contributed by atoms with Crippen molar-refractivity contribution >= 4 is 17.7 Å². The zero-order chi connectivity index (χ0) is 12.1. The first-order valence-corrected chi connectivity index (χ1v) is 5.30. The van der Waals surface area contributed by atoms with Crippen LogP contribution in [0.25, 0.3) is 0 Å². The number of carbonyl (C=O) groups is 3. The van der Waals surface area contributed by atoms with Crippen LogP contribution in [0.5, 0.6) is 0 Å². The van der Waals surface area contributed by atoms with Gasteiger partial charge in [0.25, 0.3) is 5.91 Å². The molecular weight excluding hydrogens is 210 g/mol. The van der Waals surface area contributed by atoms with Crippen molar-refractivity contribution in [3.63, 3.8) is 0 Å². The third-order valence-corrected chi connectivity index (χ3v) is 2.55. The number of hydrogen-bond acceptors (Lipinski definition) is 4. The highest BCUT2D eigenvalue weighted by Gasteiger charge is 2.36. The second-order valence-corrected chi connectivity index (χ2v) is 3.82. The van der Waals surface area contributed by atoms with Crippen LogP contribution in [0.2, 0.25) is 0 Å². The standard InChI is InChI=1S/C10H17N3O3/c1-11-5-3-4-8(14)12-7-6-9(15)13(2)10(7)16/h7,11H,3-6H2,1-2H3,(H,12,14). The van der Waals surface area contributed by atoms with Crippen LogP contribution in [0.15, 0.2) is 0 Å². The lowest BCUT2D eigenvalue weighted by Gasteiger charge is -2.10. The molecule has 0 aromatic carbocycles. The van der Waals surface area contributed by atoms with Crippen LogP contribution in [0.4, 0.5) is 0 Å². The summed E-state index contributed by atoms with van der Waals surface area (Å²) in [7, 11) is 3.24. The van der Waals surface area contributed by atoms with Crippen molar-refractivity contribution in [1.82, 2.24) is 15.5 Å². The molecule has 1 rings (SSSR count). The molecule has 90 valence electrons. The predicted octanol–water partition coefficient (Wildman–Crippen LogP) is -1.14. The number of imide groups is 1. The van der Waals surface area contributed by atoms with Gasteiger partial charge in [0.2, 0.25) is 11.8 Å². The number of nitrogens with zero attached hydrogens (tertiary/aromatic N) is 1. The first kappa shape index (κ1) is 12.6. The molecule has 2 N–H and O–H groups in total. The molecule has 0 spiro atoms. The van der Waals surface area contributed by atoms with Gasteiger partial charge in [-0.25, -0.2) is 0 Å². The highest BCUT2D eigenvalue weighted by Crippen LogP contribution is 2.10. The van der Waals surface area contributed by atoms with E-state index < -0.39 is 6.04 Å². The Labute approximate surface area is 94.4 Å². The molecule has 1 atom stereocenters. The van der Waals surface area contributed by atoms with Gasteiger partial charge in [-0.3, -0.25) is 19.3 Å². The lowest BCUT2D eigenvalue weighted by Crippen LogP contribution is -2.40. The lowest BCUT2D eigenvalue weighted by atomic mass is 10.2. The van der Waals surface area contributed by atoms with Crippen molar-refractivity contribution in [2.75, 3.05) is 20.6 Å². The minimum Gasteiger partial charge on any atom is -0.344 e. The van der Waals surface area contributed by atoms with Crippen LogP contribution in [-0.4, -0.2) is 49.3 Å². The second-order valence-electron chi connectivity index (χ2n) is 3.82. The molecule has 0 aliphatic carbocycles. The summed E-state index contributed by atoms with van der Waals surface area (Å²) in [5.41, 5.74) is 0. The van der Waals surface area contributed by atoms with Crippen LogP contribution in [0, 0.1) is 0 Å². The number of amides is 3. The summed E-state index contributed by atoms with van der Waals surface area (Å²) in [5, 5.41) is 5.50. The van der Waals surface area contributed by atoms with E-state index in [2.05, 4.69) is 10.6 Å². The van der Waals surface area contributed by atoms with Gasteiger partial charge < -0.3 is 10.6 Å². The molecule has 0 radical (unpaired) electrons. The molecule has 1 unspecified atom stereocenters. The Morgan fingerprint density at radius 3 is 2.69 bits per heavy atom. The summed E-state index contributed by atoms with van der Waals surface area (Å²) in [4.78, 5) is 35.1. The van der Waals surface area contributed by atoms with E-state index in [0.717, 1.165) is 11.4 Å². The second kappa shape index (κ2) is 5.60. The maximum absolute atomic E-state index is 11.5. The van der Waals surface area contributed by atoms with E-state index in [1.165, 1.54) is 7.05 Å². The first-order valence-electron chi connectivity index (χ1n) is 5.30. The molecule has 6 nitrogen and oxygen atoms in total. The topological polar surface area (TPSA) is 78.5 Å². The normalized spacial score (nSPS) is 20.4. The zero-order valence-corrected chi connectivity index (χ0v) is 9.58. The maximum Gasteiger partial charge on any atom is 0.252 e. The zero-order valence-electron chi connectivity index (χ0n) is 9.58. The Morgan fingerprint density at radius 2 is 2.19 bits per heavy atom. The van der Waals surface area contributed by atoms with Crippen LogP contribution in [-0.2, 0) is 14.4 Å². The third-order valence-electron chi connectivity index (χ3n) is 2.55. The minimum atomic E-state index is -0.667. The van der Waals surface area contributed by atoms with Crippen molar-refractivity contribution in [2.24, 2.45) is 0 Å². The Kier molecular flexibility index (Phi) is 4.42. The van der Waals surface area contributed by atoms with E-state index in [9.17, 15) is 14.4 Å². The minimum absolute atomic E-state index is 0.0765. The lowest BCUT2D eigenvalue weighted by molar-refractivity contribution is -0.138. The SMILES string of the molecule is CNCCCC(=O)NC1CC(=O)N(C)C1=O. The summed E-state index contributed by atoms with van der Waals surface area (Å²) in [5.74, 6) is -0.755. The van der Waals surface area contributed by atoms with Crippen molar-refractivity contribution < 1.29 is 14.4 Å². The van der Waals surface area contributed by atoms with Crippen LogP contribution >= 0.6 is 0 Å². The molecule has 0 aromatic heterocycles. The number of hydrogen-bond donors (Lipinski definition) is 2. The van der Waals surface area contributed by atoms with Gasteiger partial charge in [-0.1, -0.05) is 0 Å². The van der Waals surface area contributed by atoms with Gasteiger partial charge >= 0.3 is 0 Å². The average Bonchev–Trinajstić information content (AvgIpc) is 2.47. The van der Waals surface area contributed by atoms with Crippen molar-refractivity contribution in [3.8, 4) is 0 Å². The number of rotatable bonds is 5. The molecule has 1 aliphatic heterocycles. The average molecular weight is 227 g/mol. The van der Waals surface area contributed by atoms with Crippen LogP contribution in [0.1, 0.15) is 19.3 Å². The van der Waals surface area contributed by atoms with Gasteiger partial charge in [0, 0.05) is 13.5 Å². The van der Waals surface area contributed by atoms with Gasteiger partial charge in [0.1, 0.15) is 6.04 Å². The summed E-state index contributed by atoms with van der Waals surface area (Å²) < 4.78 is 0. The summed E-state index contributed by atoms with van der Waals surface area (Å²) in [6.45, 7) is 0.755. The quantitative estimate of drug-likeness (QED) is 0.459. The fourth-order valence-electron chi connectivity index (χ4n) is 1.56. The Bertz CT molecular complexity index is 304. The van der Waals surface area contributed by atoms with Crippen LogP contribution < -0.4 is 10.6 Å². The monoisotopic (exact) mass is 227 g/mol. The molecule has 1 fully saturated rings. The molecule has 0 aromatic rings. The van der Waals surface area contributed by atoms with E-state index >= 15 is 0 Å². The molecule has 0 bridgehead atoms. The van der Waals surface area contributed by atoms with Crippen molar-refractivity contribution in [1.29, 1.82) is 0 Å². The van der Waals surface area contributed by atoms with E-state index in [-0.39, 0.29) is 24.1 Å². The van der Waals surface area contributed by atoms with Gasteiger partial charge in [-0.2, -0.15) is 0 Å². The number of likely N-dealkylation sites (tertiary alicyclic amines) is 1. The summed E-state index contributed by atoms with van der Waals surface area (Å²) in [6.07, 6.45) is 1.16. The molecule has 3 amide bonds. The van der Waals surface area contributed by atoms with Gasteiger partial charge in [0.05, 0.1) is 6.42 Å². The fraction of sp³-hybridized carbons (Fsp3) is 0.700. The Hall–Kier alpha value is -1.43. The van der Waals surface area contributed by atoms with Crippen molar-refractivity contribution in [2.45, 2.75) is 25.3 Å². The molecular formula is C10H17N3O3. The highest BCUT2D eigenvalue weighted by molar-refractivity contribution is 6.06. The molecule has 0 saturated carbocycles. The fourth-order valence-corrected chi connectivity index (χ4v) is 1.56. The summed E-state index contributed by atoms with van der Waals surface area (Å²) >= 11 is 0. The summed E-state index contributed by atoms with van der Waals surface area (Å²) in [6, 6.07) is -0.667. The van der Waals surface area contributed by atoms with Crippen LogP contribution in [0.3, 0.4) is 0 Å². The van der Waals surface area contributed by atoms with Crippen molar-refractivity contribution in [3.05, 3.63) is 0 Å². The Balaban J connectivity index is 2.35. The van der Waals surface area contributed by atoms with Gasteiger partial charge in [0.15, 0.2) is 0 Å². The highest BCUT2D eigenvalue weighted by atomic mass is 16.2. The van der Waals surface area contributed by atoms with E-state index in [1.807, 2.05) is 7.05 Å². The van der Waals surface area contributed by atoms with E-state index in [4.69, 9.17) is 0 Å². The smallest absolute Gasteiger partial charge is 0.252 e. The number of carbonyl (C=O) groups excluding carboxylic acids is 3. The van der Waals surface area contributed by atoms with Gasteiger partial charge in [-0.15, -0.1) is 0 Å². The molecule has 1 aliphatic rings. The largest absolute Gasteiger partial charge is 0.344 e. The predicted molar refractivity (Wildman–Crippen MR) is 57.5 cm³/mol. The van der Waals surface area contributed by atoms with Gasteiger partial charge in [-0.05, 0) is 20.0 Å². The Morgan fingerprint density at radius 1 is 1.50 bits per heavy atom. The molecule has 16 heavy (non-hydrogen) atoms. The number of likely N-dealkylation sites (N-methyl/N-ethyl adjacent to an activating group) is 1. The molecule has 1 heterocycles.